The Kier molecular flexibility index (Phi) is 3.52. The van der Waals surface area contributed by atoms with Crippen LogP contribution in [-0.2, 0) is 2.91 Å². The van der Waals surface area contributed by atoms with Gasteiger partial charge in [-0.2, -0.15) is 0 Å². The zero-order valence-corrected chi connectivity index (χ0v) is 5.19. The van der Waals surface area contributed by atoms with Crippen molar-refractivity contribution >= 4 is 25.2 Å². The SMILES string of the molecule is O=N[O][Bi]. The molecule has 0 heterocycles. The van der Waals surface area contributed by atoms with Crippen LogP contribution in [0.3, 0.4) is 0 Å². The van der Waals surface area contributed by atoms with Crippen molar-refractivity contribution in [1.29, 1.82) is 0 Å². The standard InChI is InChI=1S/Bi.HNO2/c;2-1-3/h;(H,2,3)/q+1;/p-1. The van der Waals surface area contributed by atoms with E-state index in [2.05, 4.69) is 2.91 Å². The molecule has 3 nitrogen and oxygen atoms in total. The Bertz CT molecular complexity index is 20.0. The number of hydrogen-bond acceptors (Lipinski definition) is 3. The van der Waals surface area contributed by atoms with E-state index in [-0.39, 0.29) is 0 Å². The summed E-state index contributed by atoms with van der Waals surface area (Å²) in [5.74, 6) is 0. The van der Waals surface area contributed by atoms with E-state index >= 15 is 0 Å². The van der Waals surface area contributed by atoms with Crippen LogP contribution in [0.5, 0.6) is 0 Å². The molecule has 0 aliphatic carbocycles. The molecule has 4 heteroatoms. The van der Waals surface area contributed by atoms with Crippen LogP contribution < -0.4 is 0 Å². The van der Waals surface area contributed by atoms with Gasteiger partial charge in [-0.05, 0) is 0 Å². The molecule has 0 atom stereocenters. The van der Waals surface area contributed by atoms with Crippen molar-refractivity contribution in [2.75, 3.05) is 0 Å². The summed E-state index contributed by atoms with van der Waals surface area (Å²) >= 11 is 0.569. The van der Waals surface area contributed by atoms with Gasteiger partial charge in [0.1, 0.15) is 0 Å². The Morgan fingerprint density at radius 2 is 2.25 bits per heavy atom. The first-order valence-electron chi connectivity index (χ1n) is 0.548. The van der Waals surface area contributed by atoms with Crippen LogP contribution in [-0.4, -0.2) is 25.2 Å². The Hall–Kier alpha value is 0.283. The molecule has 0 aromatic rings. The molecular weight excluding hydrogens is 255 g/mol. The molecule has 0 aliphatic heterocycles. The van der Waals surface area contributed by atoms with Crippen molar-refractivity contribution in [3.8, 4) is 0 Å². The number of rotatable bonds is 1. The van der Waals surface area contributed by atoms with Gasteiger partial charge in [-0.15, -0.1) is 0 Å². The van der Waals surface area contributed by atoms with Gasteiger partial charge in [-0.1, -0.05) is 0 Å². The van der Waals surface area contributed by atoms with E-state index in [4.69, 9.17) is 4.91 Å². The van der Waals surface area contributed by atoms with E-state index in [0.717, 1.165) is 0 Å². The average molecular weight is 255 g/mol. The second-order valence-corrected chi connectivity index (χ2v) is 0.791. The van der Waals surface area contributed by atoms with Crippen molar-refractivity contribution in [1.82, 2.24) is 0 Å². The molecule has 4 heavy (non-hydrogen) atoms. The van der Waals surface area contributed by atoms with Crippen LogP contribution in [0.1, 0.15) is 0 Å². The minimum absolute atomic E-state index is 0.569. The van der Waals surface area contributed by atoms with Gasteiger partial charge in [0.25, 0.3) is 0 Å². The summed E-state index contributed by atoms with van der Waals surface area (Å²) in [6, 6.07) is 0. The topological polar surface area (TPSA) is 38.7 Å². The quantitative estimate of drug-likeness (QED) is 0.368. The molecule has 0 bridgehead atoms. The summed E-state index contributed by atoms with van der Waals surface area (Å²) in [6.45, 7) is 0. The fourth-order valence-corrected chi connectivity index (χ4v) is 0. The van der Waals surface area contributed by atoms with Crippen LogP contribution in [0.25, 0.3) is 0 Å². The van der Waals surface area contributed by atoms with Gasteiger partial charge in [0.05, 0.1) is 0 Å². The number of hydrogen-bond donors (Lipinski definition) is 0. The third kappa shape index (κ3) is 2.28. The summed E-state index contributed by atoms with van der Waals surface area (Å²) < 4.78 is 3.72. The van der Waals surface area contributed by atoms with Gasteiger partial charge in [0, 0.05) is 0 Å². The molecule has 0 fully saturated rings. The molecule has 0 aliphatic rings. The molecular formula is BiNO2. The summed E-state index contributed by atoms with van der Waals surface area (Å²) in [5, 5.41) is 2.04. The maximum absolute atomic E-state index is 8.73. The predicted octanol–water partition coefficient (Wildman–Crippen LogP) is -0.232. The zero-order chi connectivity index (χ0) is 3.41. The van der Waals surface area contributed by atoms with Crippen molar-refractivity contribution in [3.05, 3.63) is 4.91 Å². The van der Waals surface area contributed by atoms with Gasteiger partial charge >= 0.3 is 38.3 Å². The molecule has 2 radical (unpaired) electrons. The number of nitrogens with zero attached hydrogens (tertiary/aromatic N) is 1. The predicted molar refractivity (Wildman–Crippen MR) is 12.6 cm³/mol. The normalized spacial score (nSPS) is 5.25. The first-order chi connectivity index (χ1) is 1.91. The molecule has 0 amide bonds. The fraction of sp³-hybridized carbons (Fsp3) is 0. The van der Waals surface area contributed by atoms with E-state index in [1.807, 2.05) is 5.34 Å². The van der Waals surface area contributed by atoms with Crippen LogP contribution >= 0.6 is 0 Å². The van der Waals surface area contributed by atoms with Gasteiger partial charge < -0.3 is 0 Å². The van der Waals surface area contributed by atoms with E-state index in [0.29, 0.717) is 25.2 Å². The van der Waals surface area contributed by atoms with E-state index in [9.17, 15) is 0 Å². The Morgan fingerprint density at radius 1 is 2.00 bits per heavy atom. The Balaban J connectivity index is 2.30. The molecule has 0 aromatic carbocycles. The summed E-state index contributed by atoms with van der Waals surface area (Å²) in [5.41, 5.74) is 0. The van der Waals surface area contributed by atoms with Crippen molar-refractivity contribution in [2.45, 2.75) is 0 Å². The van der Waals surface area contributed by atoms with E-state index in [1.165, 1.54) is 0 Å². The molecule has 0 unspecified atom stereocenters. The van der Waals surface area contributed by atoms with Gasteiger partial charge in [-0.25, -0.2) is 0 Å². The average Bonchev–Trinajstić information content (AvgIpc) is 1.37. The van der Waals surface area contributed by atoms with Gasteiger partial charge in [-0.3, -0.25) is 0 Å². The van der Waals surface area contributed by atoms with Crippen molar-refractivity contribution in [3.63, 3.8) is 0 Å². The molecule has 0 aromatic heterocycles. The maximum atomic E-state index is 8.73. The Morgan fingerprint density at radius 3 is 2.25 bits per heavy atom. The second kappa shape index (κ2) is 3.28. The molecule has 0 saturated heterocycles. The summed E-state index contributed by atoms with van der Waals surface area (Å²) in [6.07, 6.45) is 0. The molecule has 0 rings (SSSR count). The monoisotopic (exact) mass is 255 g/mol. The molecule has 22 valence electrons. The fourth-order valence-electron chi connectivity index (χ4n) is 0. The van der Waals surface area contributed by atoms with Crippen LogP contribution in [0.2, 0.25) is 0 Å². The van der Waals surface area contributed by atoms with E-state index in [1.54, 1.807) is 0 Å². The van der Waals surface area contributed by atoms with Crippen molar-refractivity contribution < 1.29 is 2.91 Å². The van der Waals surface area contributed by atoms with E-state index < -0.39 is 0 Å². The first-order valence-corrected chi connectivity index (χ1v) is 1.97. The van der Waals surface area contributed by atoms with Crippen molar-refractivity contribution in [2.24, 2.45) is 5.34 Å². The van der Waals surface area contributed by atoms with Gasteiger partial charge in [0.15, 0.2) is 0 Å². The third-order valence-electron chi connectivity index (χ3n) is 0.0333. The zero-order valence-electron chi connectivity index (χ0n) is 1.71. The second-order valence-electron chi connectivity index (χ2n) is 0.156. The van der Waals surface area contributed by atoms with Crippen LogP contribution in [0.15, 0.2) is 5.34 Å². The van der Waals surface area contributed by atoms with Crippen LogP contribution in [0.4, 0.5) is 0 Å². The molecule has 0 N–H and O–H groups in total. The Labute approximate surface area is 38.7 Å². The summed E-state index contributed by atoms with van der Waals surface area (Å²) in [4.78, 5) is 8.73. The van der Waals surface area contributed by atoms with Gasteiger partial charge in [0.2, 0.25) is 0 Å². The molecule has 0 saturated carbocycles. The first kappa shape index (κ1) is 4.28. The molecule has 0 spiro atoms. The summed E-state index contributed by atoms with van der Waals surface area (Å²) in [7, 11) is 0. The minimum atomic E-state index is 0.569. The van der Waals surface area contributed by atoms with Crippen LogP contribution in [0, 0.1) is 4.91 Å². The third-order valence-corrected chi connectivity index (χ3v) is 0.292.